The first-order valence-electron chi connectivity index (χ1n) is 10.3. The van der Waals surface area contributed by atoms with Gasteiger partial charge in [0.1, 0.15) is 5.58 Å². The molecule has 8 heteroatoms. The number of anilines is 1. The van der Waals surface area contributed by atoms with Gasteiger partial charge in [0, 0.05) is 5.69 Å². The lowest BCUT2D eigenvalue weighted by atomic mass is 10.2. The maximum absolute atomic E-state index is 13.1. The zero-order chi connectivity index (χ0) is 23.4. The number of carbonyl (C=O) groups is 2. The largest absolute Gasteiger partial charge is 0.473 e. The van der Waals surface area contributed by atoms with Crippen molar-refractivity contribution >= 4 is 28.5 Å². The summed E-state index contributed by atoms with van der Waals surface area (Å²) >= 11 is 0. The molecular weight excluding hydrogens is 426 g/mol. The highest BCUT2D eigenvalue weighted by atomic mass is 16.5. The molecule has 0 fully saturated rings. The third-order valence-electron chi connectivity index (χ3n) is 4.83. The fraction of sp³-hybridized carbons (Fsp3) is 0.160. The smallest absolute Gasteiger partial charge is 0.338 e. The molecule has 168 valence electrons. The molecule has 33 heavy (non-hydrogen) atoms. The second kappa shape index (κ2) is 9.44. The highest BCUT2D eigenvalue weighted by molar-refractivity contribution is 5.95. The zero-order valence-corrected chi connectivity index (χ0v) is 18.0. The molecule has 1 unspecified atom stereocenters. The predicted octanol–water partition coefficient (Wildman–Crippen LogP) is 4.64. The number of fused-ring (bicyclic) bond motifs is 1. The molecule has 1 amide bonds. The number of amides is 1. The van der Waals surface area contributed by atoms with E-state index >= 15 is 0 Å². The van der Waals surface area contributed by atoms with Crippen LogP contribution in [0.4, 0.5) is 5.69 Å². The highest BCUT2D eigenvalue weighted by Crippen LogP contribution is 2.31. The van der Waals surface area contributed by atoms with Gasteiger partial charge in [0.2, 0.25) is 16.9 Å². The van der Waals surface area contributed by atoms with E-state index < -0.39 is 23.4 Å². The van der Waals surface area contributed by atoms with Crippen LogP contribution in [0.15, 0.2) is 80.6 Å². The van der Waals surface area contributed by atoms with Gasteiger partial charge in [-0.3, -0.25) is 9.59 Å². The van der Waals surface area contributed by atoms with Gasteiger partial charge in [-0.05, 0) is 62.4 Å². The van der Waals surface area contributed by atoms with Gasteiger partial charge < -0.3 is 23.6 Å². The average Bonchev–Trinajstić information content (AvgIpc) is 3.36. The van der Waals surface area contributed by atoms with Crippen molar-refractivity contribution in [1.82, 2.24) is 0 Å². The number of benzene rings is 2. The number of rotatable bonds is 7. The van der Waals surface area contributed by atoms with Crippen LogP contribution >= 0.6 is 0 Å². The van der Waals surface area contributed by atoms with Crippen LogP contribution < -0.4 is 15.5 Å². The summed E-state index contributed by atoms with van der Waals surface area (Å²) in [7, 11) is 0. The monoisotopic (exact) mass is 447 g/mol. The molecule has 4 rings (SSSR count). The van der Waals surface area contributed by atoms with Gasteiger partial charge in [-0.25, -0.2) is 4.79 Å². The molecule has 4 aromatic rings. The minimum Gasteiger partial charge on any atom is -0.473 e. The lowest BCUT2D eigenvalue weighted by molar-refractivity contribution is -0.122. The SMILES string of the molecule is CCOC(=O)c1ccc(NC(=O)C(C)Oc2c(-c3ccco3)oc3ccccc3c2=O)cc1. The Morgan fingerprint density at radius 2 is 1.79 bits per heavy atom. The summed E-state index contributed by atoms with van der Waals surface area (Å²) in [6.45, 7) is 3.51. The van der Waals surface area contributed by atoms with Crippen molar-refractivity contribution in [2.45, 2.75) is 20.0 Å². The van der Waals surface area contributed by atoms with Crippen molar-refractivity contribution in [3.8, 4) is 17.3 Å². The first kappa shape index (κ1) is 21.9. The normalized spacial score (nSPS) is 11.7. The van der Waals surface area contributed by atoms with Gasteiger partial charge in [-0.15, -0.1) is 0 Å². The minimum absolute atomic E-state index is 0.0992. The summed E-state index contributed by atoms with van der Waals surface area (Å²) in [5.41, 5.74) is 0.790. The van der Waals surface area contributed by atoms with E-state index in [1.807, 2.05) is 0 Å². The number of carbonyl (C=O) groups excluding carboxylic acids is 2. The third kappa shape index (κ3) is 4.64. The van der Waals surface area contributed by atoms with Crippen molar-refractivity contribution in [3.05, 3.63) is 82.7 Å². The molecule has 2 heterocycles. The van der Waals surface area contributed by atoms with Gasteiger partial charge >= 0.3 is 5.97 Å². The van der Waals surface area contributed by atoms with E-state index in [-0.39, 0.29) is 18.1 Å². The van der Waals surface area contributed by atoms with Crippen LogP contribution in [0.5, 0.6) is 5.75 Å². The molecule has 2 aromatic heterocycles. The van der Waals surface area contributed by atoms with E-state index in [4.69, 9.17) is 18.3 Å². The highest BCUT2D eigenvalue weighted by Gasteiger charge is 2.24. The fourth-order valence-electron chi connectivity index (χ4n) is 3.18. The second-order valence-electron chi connectivity index (χ2n) is 7.11. The van der Waals surface area contributed by atoms with Crippen LogP contribution in [0.3, 0.4) is 0 Å². The van der Waals surface area contributed by atoms with Gasteiger partial charge in [0.15, 0.2) is 11.9 Å². The topological polar surface area (TPSA) is 108 Å². The Morgan fingerprint density at radius 1 is 1.03 bits per heavy atom. The quantitative estimate of drug-likeness (QED) is 0.411. The molecule has 0 radical (unpaired) electrons. The Hall–Kier alpha value is -4.33. The van der Waals surface area contributed by atoms with Crippen molar-refractivity contribution < 1.29 is 27.9 Å². The van der Waals surface area contributed by atoms with E-state index in [1.165, 1.54) is 13.2 Å². The molecule has 0 aliphatic heterocycles. The Balaban J connectivity index is 1.57. The Labute approximate surface area is 188 Å². The lowest BCUT2D eigenvalue weighted by Crippen LogP contribution is -2.31. The van der Waals surface area contributed by atoms with Crippen molar-refractivity contribution in [1.29, 1.82) is 0 Å². The van der Waals surface area contributed by atoms with Crippen LogP contribution in [0.1, 0.15) is 24.2 Å². The molecule has 0 spiro atoms. The molecule has 8 nitrogen and oxygen atoms in total. The summed E-state index contributed by atoms with van der Waals surface area (Å²) in [5, 5.41) is 3.02. The number of furan rings is 1. The predicted molar refractivity (Wildman–Crippen MR) is 121 cm³/mol. The number of hydrogen-bond donors (Lipinski definition) is 1. The Bertz CT molecular complexity index is 1340. The lowest BCUT2D eigenvalue weighted by Gasteiger charge is -2.16. The number of hydrogen-bond acceptors (Lipinski definition) is 7. The van der Waals surface area contributed by atoms with Gasteiger partial charge in [-0.2, -0.15) is 0 Å². The fourth-order valence-corrected chi connectivity index (χ4v) is 3.18. The molecule has 2 aromatic carbocycles. The van der Waals surface area contributed by atoms with E-state index in [0.29, 0.717) is 28.0 Å². The molecule has 0 aliphatic carbocycles. The van der Waals surface area contributed by atoms with Gasteiger partial charge in [0.05, 0.1) is 23.8 Å². The zero-order valence-electron chi connectivity index (χ0n) is 18.0. The number of esters is 1. The third-order valence-corrected chi connectivity index (χ3v) is 4.83. The van der Waals surface area contributed by atoms with Crippen molar-refractivity contribution in [3.63, 3.8) is 0 Å². The van der Waals surface area contributed by atoms with E-state index in [2.05, 4.69) is 5.32 Å². The average molecular weight is 447 g/mol. The van der Waals surface area contributed by atoms with Crippen LogP contribution in [-0.2, 0) is 9.53 Å². The summed E-state index contributed by atoms with van der Waals surface area (Å²) in [4.78, 5) is 37.6. The molecule has 1 N–H and O–H groups in total. The van der Waals surface area contributed by atoms with Crippen LogP contribution in [0, 0.1) is 0 Å². The standard InChI is InChI=1S/C25H21NO7/c1-3-30-25(29)16-10-12-17(13-11-16)26-24(28)15(2)32-23-21(27)18-7-4-5-8-19(18)33-22(23)20-9-6-14-31-20/h4-15H,3H2,1-2H3,(H,26,28). The van der Waals surface area contributed by atoms with Crippen LogP contribution in [0.25, 0.3) is 22.5 Å². The number of ether oxygens (including phenoxy) is 2. The Morgan fingerprint density at radius 3 is 2.48 bits per heavy atom. The molecular formula is C25H21NO7. The maximum Gasteiger partial charge on any atom is 0.338 e. The molecule has 0 saturated carbocycles. The summed E-state index contributed by atoms with van der Waals surface area (Å²) in [6, 6.07) is 16.3. The Kier molecular flexibility index (Phi) is 6.26. The van der Waals surface area contributed by atoms with Gasteiger partial charge in [-0.1, -0.05) is 12.1 Å². The van der Waals surface area contributed by atoms with E-state index in [1.54, 1.807) is 67.6 Å². The minimum atomic E-state index is -1.03. The maximum atomic E-state index is 13.1. The van der Waals surface area contributed by atoms with E-state index in [9.17, 15) is 14.4 Å². The summed E-state index contributed by atoms with van der Waals surface area (Å²) in [5.74, 6) is -0.654. The van der Waals surface area contributed by atoms with Crippen LogP contribution in [0.2, 0.25) is 0 Å². The summed E-state index contributed by atoms with van der Waals surface area (Å²) < 4.78 is 22.0. The number of para-hydroxylation sites is 1. The first-order valence-corrected chi connectivity index (χ1v) is 10.3. The molecule has 0 bridgehead atoms. The van der Waals surface area contributed by atoms with Gasteiger partial charge in [0.25, 0.3) is 5.91 Å². The summed E-state index contributed by atoms with van der Waals surface area (Å²) in [6.07, 6.45) is 0.414. The van der Waals surface area contributed by atoms with Crippen molar-refractivity contribution in [2.75, 3.05) is 11.9 Å². The molecule has 0 saturated heterocycles. The second-order valence-corrected chi connectivity index (χ2v) is 7.11. The number of nitrogens with one attached hydrogen (secondary N) is 1. The molecule has 0 aliphatic rings. The van der Waals surface area contributed by atoms with E-state index in [0.717, 1.165) is 0 Å². The first-order chi connectivity index (χ1) is 16.0. The molecule has 1 atom stereocenters. The van der Waals surface area contributed by atoms with Crippen LogP contribution in [-0.4, -0.2) is 24.6 Å². The van der Waals surface area contributed by atoms with Crippen molar-refractivity contribution in [2.24, 2.45) is 0 Å².